The minimum absolute atomic E-state index is 0.0178. The first-order chi connectivity index (χ1) is 9.38. The molecule has 1 rings (SSSR count). The molecule has 0 heterocycles. The molecule has 0 aliphatic heterocycles. The summed E-state index contributed by atoms with van der Waals surface area (Å²) in [6.45, 7) is 2.09. The smallest absolute Gasteiger partial charge is 0.261 e. The van der Waals surface area contributed by atoms with E-state index in [0.29, 0.717) is 17.7 Å². The van der Waals surface area contributed by atoms with Crippen LogP contribution in [-0.2, 0) is 20.4 Å². The highest BCUT2D eigenvalue weighted by Crippen LogP contribution is 2.24. The number of carbonyl (C=O) groups is 1. The first-order valence-electron chi connectivity index (χ1n) is 6.26. The summed E-state index contributed by atoms with van der Waals surface area (Å²) in [7, 11) is 3.00. The van der Waals surface area contributed by atoms with Crippen molar-refractivity contribution in [2.45, 2.75) is 37.6 Å². The van der Waals surface area contributed by atoms with Crippen LogP contribution in [0.4, 0.5) is 0 Å². The SMILES string of the molecule is CCCCC(=O)NCc1cc(OC)ccc1S(=O)(=O)Cl. The summed E-state index contributed by atoms with van der Waals surface area (Å²) in [4.78, 5) is 11.5. The highest BCUT2D eigenvalue weighted by molar-refractivity contribution is 8.13. The lowest BCUT2D eigenvalue weighted by molar-refractivity contribution is -0.121. The molecule has 1 aromatic carbocycles. The van der Waals surface area contributed by atoms with Crippen molar-refractivity contribution in [2.75, 3.05) is 7.11 Å². The molecule has 0 bridgehead atoms. The van der Waals surface area contributed by atoms with Crippen molar-refractivity contribution in [1.29, 1.82) is 0 Å². The van der Waals surface area contributed by atoms with Crippen LogP contribution in [0.1, 0.15) is 31.7 Å². The molecule has 0 aliphatic rings. The summed E-state index contributed by atoms with van der Waals surface area (Å²) in [6.07, 6.45) is 2.14. The fourth-order valence-corrected chi connectivity index (χ4v) is 2.80. The zero-order valence-corrected chi connectivity index (χ0v) is 13.1. The Kier molecular flexibility index (Phi) is 6.29. The molecule has 0 spiro atoms. The molecular weight excluding hydrogens is 302 g/mol. The van der Waals surface area contributed by atoms with E-state index in [1.807, 2.05) is 6.92 Å². The van der Waals surface area contributed by atoms with Gasteiger partial charge in [0, 0.05) is 23.6 Å². The Morgan fingerprint density at radius 2 is 2.10 bits per heavy atom. The fraction of sp³-hybridized carbons (Fsp3) is 0.462. The molecule has 1 N–H and O–H groups in total. The van der Waals surface area contributed by atoms with E-state index in [4.69, 9.17) is 15.4 Å². The first-order valence-corrected chi connectivity index (χ1v) is 8.57. The fourth-order valence-electron chi connectivity index (χ4n) is 1.68. The average molecular weight is 320 g/mol. The number of carbonyl (C=O) groups excluding carboxylic acids is 1. The minimum atomic E-state index is -3.86. The highest BCUT2D eigenvalue weighted by atomic mass is 35.7. The third-order valence-electron chi connectivity index (χ3n) is 2.76. The van der Waals surface area contributed by atoms with E-state index < -0.39 is 9.05 Å². The number of hydrogen-bond acceptors (Lipinski definition) is 4. The van der Waals surface area contributed by atoms with Crippen molar-refractivity contribution in [3.63, 3.8) is 0 Å². The van der Waals surface area contributed by atoms with Crippen LogP contribution in [0.2, 0.25) is 0 Å². The molecule has 0 saturated carbocycles. The maximum absolute atomic E-state index is 11.6. The van der Waals surface area contributed by atoms with Gasteiger partial charge in [-0.3, -0.25) is 4.79 Å². The van der Waals surface area contributed by atoms with Crippen LogP contribution in [0.3, 0.4) is 0 Å². The summed E-state index contributed by atoms with van der Waals surface area (Å²) in [5, 5.41) is 2.68. The van der Waals surface area contributed by atoms with Gasteiger partial charge in [0.05, 0.1) is 12.0 Å². The van der Waals surface area contributed by atoms with Gasteiger partial charge < -0.3 is 10.1 Å². The number of nitrogens with one attached hydrogen (secondary N) is 1. The van der Waals surface area contributed by atoms with Crippen molar-refractivity contribution < 1.29 is 17.9 Å². The molecular formula is C13H18ClNO4S. The monoisotopic (exact) mass is 319 g/mol. The zero-order chi connectivity index (χ0) is 15.2. The summed E-state index contributed by atoms with van der Waals surface area (Å²) in [5.74, 6) is 0.388. The van der Waals surface area contributed by atoms with Crippen molar-refractivity contribution >= 4 is 25.6 Å². The molecule has 0 atom stereocenters. The normalized spacial score (nSPS) is 11.2. The number of ether oxygens (including phenoxy) is 1. The number of methoxy groups -OCH3 is 1. The molecule has 0 fully saturated rings. The van der Waals surface area contributed by atoms with Crippen LogP contribution in [0.5, 0.6) is 5.75 Å². The van der Waals surface area contributed by atoms with Gasteiger partial charge >= 0.3 is 0 Å². The van der Waals surface area contributed by atoms with Crippen LogP contribution in [-0.4, -0.2) is 21.4 Å². The van der Waals surface area contributed by atoms with E-state index in [1.165, 1.54) is 19.2 Å². The van der Waals surface area contributed by atoms with E-state index in [9.17, 15) is 13.2 Å². The summed E-state index contributed by atoms with van der Waals surface area (Å²) >= 11 is 0. The van der Waals surface area contributed by atoms with Gasteiger partial charge in [0.15, 0.2) is 0 Å². The van der Waals surface area contributed by atoms with E-state index in [-0.39, 0.29) is 17.3 Å². The lowest BCUT2D eigenvalue weighted by atomic mass is 10.2. The zero-order valence-electron chi connectivity index (χ0n) is 11.5. The minimum Gasteiger partial charge on any atom is -0.497 e. The maximum atomic E-state index is 11.6. The molecule has 0 aliphatic carbocycles. The Balaban J connectivity index is 2.89. The van der Waals surface area contributed by atoms with Gasteiger partial charge in [0.2, 0.25) is 5.91 Å². The van der Waals surface area contributed by atoms with Crippen LogP contribution in [0.25, 0.3) is 0 Å². The van der Waals surface area contributed by atoms with Gasteiger partial charge in [0.1, 0.15) is 5.75 Å². The Morgan fingerprint density at radius 3 is 2.65 bits per heavy atom. The third kappa shape index (κ3) is 5.02. The predicted molar refractivity (Wildman–Crippen MR) is 77.4 cm³/mol. The van der Waals surface area contributed by atoms with Crippen LogP contribution >= 0.6 is 10.7 Å². The summed E-state index contributed by atoms with van der Waals surface area (Å²) < 4.78 is 28.0. The van der Waals surface area contributed by atoms with E-state index in [2.05, 4.69) is 5.32 Å². The van der Waals surface area contributed by atoms with Crippen molar-refractivity contribution in [1.82, 2.24) is 5.32 Å². The lowest BCUT2D eigenvalue weighted by Gasteiger charge is -2.10. The molecule has 0 saturated heterocycles. The molecule has 1 amide bonds. The molecule has 1 aromatic rings. The molecule has 5 nitrogen and oxygen atoms in total. The van der Waals surface area contributed by atoms with Crippen molar-refractivity contribution in [3.8, 4) is 5.75 Å². The van der Waals surface area contributed by atoms with Gasteiger partial charge in [-0.25, -0.2) is 8.42 Å². The van der Waals surface area contributed by atoms with Gasteiger partial charge in [-0.1, -0.05) is 13.3 Å². The second kappa shape index (κ2) is 7.50. The predicted octanol–water partition coefficient (Wildman–Crippen LogP) is 2.43. The topological polar surface area (TPSA) is 72.5 Å². The second-order valence-corrected chi connectivity index (χ2v) is 6.83. The summed E-state index contributed by atoms with van der Waals surface area (Å²) in [5.41, 5.74) is 0.407. The van der Waals surface area contributed by atoms with E-state index in [0.717, 1.165) is 12.8 Å². The number of hydrogen-bond donors (Lipinski definition) is 1. The van der Waals surface area contributed by atoms with E-state index in [1.54, 1.807) is 6.07 Å². The van der Waals surface area contributed by atoms with E-state index >= 15 is 0 Å². The van der Waals surface area contributed by atoms with Crippen LogP contribution in [0, 0.1) is 0 Å². The number of halogens is 1. The van der Waals surface area contributed by atoms with Crippen molar-refractivity contribution in [2.24, 2.45) is 0 Å². The Labute approximate surface area is 123 Å². The number of rotatable bonds is 7. The van der Waals surface area contributed by atoms with Gasteiger partial charge in [0.25, 0.3) is 9.05 Å². The van der Waals surface area contributed by atoms with Crippen LogP contribution in [0.15, 0.2) is 23.1 Å². The Hall–Kier alpha value is -1.27. The van der Waals surface area contributed by atoms with Crippen LogP contribution < -0.4 is 10.1 Å². The largest absolute Gasteiger partial charge is 0.497 e. The number of benzene rings is 1. The number of unbranched alkanes of at least 4 members (excludes halogenated alkanes) is 1. The highest BCUT2D eigenvalue weighted by Gasteiger charge is 2.16. The average Bonchev–Trinajstić information content (AvgIpc) is 2.41. The third-order valence-corrected chi connectivity index (χ3v) is 4.19. The molecule has 0 radical (unpaired) electrons. The maximum Gasteiger partial charge on any atom is 0.261 e. The molecule has 0 unspecified atom stereocenters. The standard InChI is InChI=1S/C13H18ClNO4S/c1-3-4-5-13(16)15-9-10-8-11(19-2)6-7-12(10)20(14,17)18/h6-8H,3-5,9H2,1-2H3,(H,15,16). The van der Waals surface area contributed by atoms with Crippen molar-refractivity contribution in [3.05, 3.63) is 23.8 Å². The molecule has 20 heavy (non-hydrogen) atoms. The van der Waals surface area contributed by atoms with Gasteiger partial charge in [-0.15, -0.1) is 0 Å². The van der Waals surface area contributed by atoms with Gasteiger partial charge in [-0.2, -0.15) is 0 Å². The quantitative estimate of drug-likeness (QED) is 0.783. The molecule has 112 valence electrons. The van der Waals surface area contributed by atoms with Gasteiger partial charge in [-0.05, 0) is 30.2 Å². The Morgan fingerprint density at radius 1 is 1.40 bits per heavy atom. The number of amides is 1. The summed E-state index contributed by atoms with van der Waals surface area (Å²) in [6, 6.07) is 4.43. The molecule has 7 heteroatoms. The Bertz CT molecular complexity index is 572. The second-order valence-electron chi connectivity index (χ2n) is 4.29. The lowest BCUT2D eigenvalue weighted by Crippen LogP contribution is -2.23. The first kappa shape index (κ1) is 16.8. The molecule has 0 aromatic heterocycles.